The highest BCUT2D eigenvalue weighted by molar-refractivity contribution is 6.12. The first-order valence-corrected chi connectivity index (χ1v) is 14.9. The van der Waals surface area contributed by atoms with Gasteiger partial charge >= 0.3 is 0 Å². The second kappa shape index (κ2) is 14.6. The van der Waals surface area contributed by atoms with E-state index in [1.54, 1.807) is 0 Å². The molecular weight excluding hydrogens is 571 g/mol. The molecule has 1 N–H and O–H groups in total. The van der Waals surface area contributed by atoms with Crippen molar-refractivity contribution < 1.29 is 14.3 Å². The van der Waals surface area contributed by atoms with Gasteiger partial charge in [-0.2, -0.15) is 10.1 Å². The fraction of sp³-hybridized carbons (Fsp3) is 0.545. The van der Waals surface area contributed by atoms with Crippen LogP contribution in [0.5, 0.6) is 5.75 Å². The second-order valence-corrected chi connectivity index (χ2v) is 12.3. The number of amidine groups is 1. The number of hydrogen-bond donors (Lipinski definition) is 1. The zero-order valence-electron chi connectivity index (χ0n) is 26.2. The van der Waals surface area contributed by atoms with Crippen LogP contribution in [-0.2, 0) is 20.4 Å². The molecule has 1 saturated heterocycles. The zero-order chi connectivity index (χ0) is 29.1. The lowest BCUT2D eigenvalue weighted by Gasteiger charge is -2.31. The lowest BCUT2D eigenvalue weighted by atomic mass is 9.76. The average Bonchev–Trinajstić information content (AvgIpc) is 3.62. The number of anilines is 2. The van der Waals surface area contributed by atoms with Gasteiger partial charge in [-0.25, -0.2) is 0 Å². The second-order valence-electron chi connectivity index (χ2n) is 12.3. The summed E-state index contributed by atoms with van der Waals surface area (Å²) in [5.41, 5.74) is 3.73. The normalized spacial score (nSPS) is 16.0. The van der Waals surface area contributed by atoms with E-state index < -0.39 is 6.10 Å². The molecule has 4 rings (SSSR count). The molecule has 0 bridgehead atoms. The SMILES string of the molecule is CCC(Oc1ccc(C(C)(C)CC)cc1C(C)(C)CC)C(=O)Nc1ccc(N2N=C(N3CCCC3)CC2=O)cc1.Cl.Cl. The van der Waals surface area contributed by atoms with E-state index in [0.29, 0.717) is 24.2 Å². The topological polar surface area (TPSA) is 74.2 Å². The molecule has 0 saturated carbocycles. The number of hydrogen-bond acceptors (Lipinski definition) is 5. The standard InChI is InChI=1S/C33H46N4O3.2ClH/c1-8-27(40-28-18-13-23(32(4,5)9-2)21-26(28)33(6,7)10-3)31(39)34-24-14-16-25(17-15-24)37-30(38)22-29(35-37)36-19-11-12-20-36;;/h13-18,21,27H,8-12,19-20,22H2,1-7H3,(H,34,39);2*1H. The molecule has 9 heteroatoms. The fourth-order valence-electron chi connectivity index (χ4n) is 5.13. The molecule has 1 unspecified atom stereocenters. The third-order valence-electron chi connectivity index (χ3n) is 8.80. The summed E-state index contributed by atoms with van der Waals surface area (Å²) in [4.78, 5) is 28.1. The minimum Gasteiger partial charge on any atom is -0.480 e. The number of nitrogens with one attached hydrogen (secondary N) is 1. The first kappa shape index (κ1) is 35.4. The number of likely N-dealkylation sites (tertiary alicyclic amines) is 1. The lowest BCUT2D eigenvalue weighted by Crippen LogP contribution is -2.33. The summed E-state index contributed by atoms with van der Waals surface area (Å²) in [7, 11) is 0. The monoisotopic (exact) mass is 618 g/mol. The molecule has 42 heavy (non-hydrogen) atoms. The number of nitrogens with zero attached hydrogens (tertiary/aromatic N) is 3. The smallest absolute Gasteiger partial charge is 0.265 e. The zero-order valence-corrected chi connectivity index (χ0v) is 27.8. The van der Waals surface area contributed by atoms with Crippen molar-refractivity contribution in [3.8, 4) is 5.75 Å². The number of amides is 2. The molecule has 2 heterocycles. The first-order chi connectivity index (χ1) is 19.0. The molecule has 2 amide bonds. The Bertz CT molecular complexity index is 1250. The molecule has 2 aliphatic heterocycles. The van der Waals surface area contributed by atoms with E-state index in [1.807, 2.05) is 37.3 Å². The van der Waals surface area contributed by atoms with Crippen LogP contribution in [0.15, 0.2) is 47.6 Å². The van der Waals surface area contributed by atoms with Crippen LogP contribution in [0.4, 0.5) is 11.4 Å². The van der Waals surface area contributed by atoms with Gasteiger partial charge in [0.05, 0.1) is 12.1 Å². The van der Waals surface area contributed by atoms with Crippen LogP contribution in [0.3, 0.4) is 0 Å². The Hall–Kier alpha value is -2.77. The predicted octanol–water partition coefficient (Wildman–Crippen LogP) is 7.85. The molecule has 1 atom stereocenters. The van der Waals surface area contributed by atoms with Crippen molar-refractivity contribution in [1.29, 1.82) is 0 Å². The first-order valence-electron chi connectivity index (χ1n) is 14.9. The van der Waals surface area contributed by atoms with E-state index in [-0.39, 0.29) is 47.5 Å². The lowest BCUT2D eigenvalue weighted by molar-refractivity contribution is -0.123. The van der Waals surface area contributed by atoms with E-state index in [4.69, 9.17) is 4.74 Å². The number of halogens is 2. The van der Waals surface area contributed by atoms with Gasteiger partial charge in [-0.05, 0) is 78.8 Å². The van der Waals surface area contributed by atoms with Crippen LogP contribution in [0.1, 0.15) is 98.1 Å². The van der Waals surface area contributed by atoms with Crippen LogP contribution in [0, 0.1) is 0 Å². The van der Waals surface area contributed by atoms with Gasteiger partial charge in [0, 0.05) is 24.3 Å². The van der Waals surface area contributed by atoms with E-state index in [1.165, 1.54) is 10.6 Å². The summed E-state index contributed by atoms with van der Waals surface area (Å²) in [6, 6.07) is 13.7. The number of carbonyl (C=O) groups is 2. The molecule has 1 fully saturated rings. The van der Waals surface area contributed by atoms with Crippen molar-refractivity contribution >= 4 is 53.8 Å². The van der Waals surface area contributed by atoms with Crippen molar-refractivity contribution in [2.75, 3.05) is 23.4 Å². The molecular formula is C33H48Cl2N4O3. The Morgan fingerprint density at radius 3 is 2.14 bits per heavy atom. The van der Waals surface area contributed by atoms with Crippen LogP contribution in [0.2, 0.25) is 0 Å². The summed E-state index contributed by atoms with van der Waals surface area (Å²) >= 11 is 0. The van der Waals surface area contributed by atoms with Gasteiger partial charge in [0.2, 0.25) is 0 Å². The molecule has 0 aromatic heterocycles. The van der Waals surface area contributed by atoms with Crippen molar-refractivity contribution in [3.63, 3.8) is 0 Å². The number of carbonyl (C=O) groups excluding carboxylic acids is 2. The van der Waals surface area contributed by atoms with Gasteiger partial charge in [0.1, 0.15) is 11.6 Å². The van der Waals surface area contributed by atoms with Gasteiger partial charge in [-0.1, -0.05) is 60.6 Å². The van der Waals surface area contributed by atoms with Gasteiger partial charge in [0.15, 0.2) is 6.10 Å². The van der Waals surface area contributed by atoms with Crippen LogP contribution < -0.4 is 15.1 Å². The maximum absolute atomic E-state index is 13.3. The van der Waals surface area contributed by atoms with Gasteiger partial charge in [-0.15, -0.1) is 24.8 Å². The predicted molar refractivity (Wildman–Crippen MR) is 178 cm³/mol. The Balaban J connectivity index is 0.00000308. The average molecular weight is 620 g/mol. The molecule has 2 aliphatic rings. The van der Waals surface area contributed by atoms with Crippen LogP contribution in [-0.4, -0.2) is 41.7 Å². The third-order valence-corrected chi connectivity index (χ3v) is 8.80. The third kappa shape index (κ3) is 7.78. The fourth-order valence-corrected chi connectivity index (χ4v) is 5.13. The van der Waals surface area contributed by atoms with E-state index in [2.05, 4.69) is 69.0 Å². The molecule has 0 spiro atoms. The van der Waals surface area contributed by atoms with Gasteiger partial charge in [0.25, 0.3) is 11.8 Å². The molecule has 2 aromatic carbocycles. The Kier molecular flexibility index (Phi) is 12.3. The summed E-state index contributed by atoms with van der Waals surface area (Å²) < 4.78 is 6.41. The maximum atomic E-state index is 13.3. The Labute approximate surface area is 264 Å². The Morgan fingerprint density at radius 1 is 0.952 bits per heavy atom. The quantitative estimate of drug-likeness (QED) is 0.294. The van der Waals surface area contributed by atoms with Crippen molar-refractivity contribution in [2.45, 2.75) is 104 Å². The number of ether oxygens (including phenoxy) is 1. The minimum atomic E-state index is -0.635. The summed E-state index contributed by atoms with van der Waals surface area (Å²) in [5, 5.41) is 9.05. The molecule has 2 aromatic rings. The molecule has 7 nitrogen and oxygen atoms in total. The largest absolute Gasteiger partial charge is 0.480 e. The molecule has 0 radical (unpaired) electrons. The highest BCUT2D eigenvalue weighted by Gasteiger charge is 2.31. The van der Waals surface area contributed by atoms with E-state index >= 15 is 0 Å². The molecule has 232 valence electrons. The van der Waals surface area contributed by atoms with E-state index in [9.17, 15) is 9.59 Å². The summed E-state index contributed by atoms with van der Waals surface area (Å²) in [6.07, 6.45) is 4.52. The van der Waals surface area contributed by atoms with Crippen LogP contribution in [0.25, 0.3) is 0 Å². The summed E-state index contributed by atoms with van der Waals surface area (Å²) in [6.45, 7) is 17.3. The highest BCUT2D eigenvalue weighted by Crippen LogP contribution is 2.39. The Morgan fingerprint density at radius 2 is 1.57 bits per heavy atom. The van der Waals surface area contributed by atoms with Crippen molar-refractivity contribution in [1.82, 2.24) is 4.90 Å². The van der Waals surface area contributed by atoms with Crippen molar-refractivity contribution in [2.24, 2.45) is 5.10 Å². The van der Waals surface area contributed by atoms with E-state index in [0.717, 1.165) is 55.9 Å². The number of rotatable bonds is 10. The van der Waals surface area contributed by atoms with Gasteiger partial charge in [-0.3, -0.25) is 9.59 Å². The number of hydrazone groups is 1. The van der Waals surface area contributed by atoms with Gasteiger partial charge < -0.3 is 15.0 Å². The van der Waals surface area contributed by atoms with Crippen molar-refractivity contribution in [3.05, 3.63) is 53.6 Å². The molecule has 0 aliphatic carbocycles. The summed E-state index contributed by atoms with van der Waals surface area (Å²) in [5.74, 6) is 1.39. The maximum Gasteiger partial charge on any atom is 0.265 e. The minimum absolute atomic E-state index is 0. The van der Waals surface area contributed by atoms with Crippen LogP contribution >= 0.6 is 24.8 Å². The highest BCUT2D eigenvalue weighted by atomic mass is 35.5. The number of benzene rings is 2.